The van der Waals surface area contributed by atoms with E-state index >= 15 is 0 Å². The SMILES string of the molecule is Cc1sc(C(O)COCC(F)(F)F)cc1Br. The average molecular weight is 319 g/mol. The normalized spacial score (nSPS) is 14.1. The third kappa shape index (κ3) is 4.40. The van der Waals surface area contributed by atoms with Gasteiger partial charge in [-0.15, -0.1) is 11.3 Å². The van der Waals surface area contributed by atoms with Gasteiger partial charge in [0.25, 0.3) is 0 Å². The molecule has 0 amide bonds. The molecule has 0 saturated carbocycles. The fourth-order valence-electron chi connectivity index (χ4n) is 1.01. The molecule has 0 saturated heterocycles. The maximum Gasteiger partial charge on any atom is 0.411 e. The monoisotopic (exact) mass is 318 g/mol. The smallest absolute Gasteiger partial charge is 0.385 e. The van der Waals surface area contributed by atoms with Crippen molar-refractivity contribution >= 4 is 27.3 Å². The lowest BCUT2D eigenvalue weighted by Crippen LogP contribution is -2.19. The van der Waals surface area contributed by atoms with Crippen molar-refractivity contribution in [3.8, 4) is 0 Å². The van der Waals surface area contributed by atoms with Gasteiger partial charge in [-0.1, -0.05) is 0 Å². The molecule has 1 heterocycles. The number of aliphatic hydroxyl groups excluding tert-OH is 1. The minimum absolute atomic E-state index is 0.355. The number of aryl methyl sites for hydroxylation is 1. The number of hydrogen-bond acceptors (Lipinski definition) is 3. The van der Waals surface area contributed by atoms with Gasteiger partial charge in [-0.2, -0.15) is 13.2 Å². The van der Waals surface area contributed by atoms with Gasteiger partial charge in [0.2, 0.25) is 0 Å². The van der Waals surface area contributed by atoms with Crippen LogP contribution in [0.25, 0.3) is 0 Å². The van der Waals surface area contributed by atoms with Crippen molar-refractivity contribution in [3.05, 3.63) is 20.3 Å². The molecule has 16 heavy (non-hydrogen) atoms. The van der Waals surface area contributed by atoms with Gasteiger partial charge in [0.05, 0.1) is 6.61 Å². The van der Waals surface area contributed by atoms with Crippen molar-refractivity contribution in [2.45, 2.75) is 19.2 Å². The Kier molecular flexibility index (Phi) is 4.78. The van der Waals surface area contributed by atoms with Gasteiger partial charge in [-0.25, -0.2) is 0 Å². The Bertz CT molecular complexity index is 332. The third-order valence-electron chi connectivity index (χ3n) is 1.75. The van der Waals surface area contributed by atoms with Crippen LogP contribution in [-0.2, 0) is 4.74 Å². The van der Waals surface area contributed by atoms with Gasteiger partial charge >= 0.3 is 6.18 Å². The highest BCUT2D eigenvalue weighted by atomic mass is 79.9. The van der Waals surface area contributed by atoms with Crippen molar-refractivity contribution < 1.29 is 23.0 Å². The van der Waals surface area contributed by atoms with Crippen LogP contribution in [0.3, 0.4) is 0 Å². The summed E-state index contributed by atoms with van der Waals surface area (Å²) in [5.41, 5.74) is 0. The molecule has 1 atom stereocenters. The number of rotatable bonds is 4. The van der Waals surface area contributed by atoms with E-state index in [1.165, 1.54) is 11.3 Å². The van der Waals surface area contributed by atoms with Crippen molar-refractivity contribution in [2.75, 3.05) is 13.2 Å². The summed E-state index contributed by atoms with van der Waals surface area (Å²) in [7, 11) is 0. The molecular formula is C9H10BrF3O2S. The first-order chi connectivity index (χ1) is 7.29. The van der Waals surface area contributed by atoms with Gasteiger partial charge in [0.1, 0.15) is 12.7 Å². The van der Waals surface area contributed by atoms with Crippen molar-refractivity contribution in [1.82, 2.24) is 0 Å². The van der Waals surface area contributed by atoms with E-state index in [9.17, 15) is 18.3 Å². The number of thiophene rings is 1. The molecule has 1 aromatic rings. The molecule has 92 valence electrons. The topological polar surface area (TPSA) is 29.5 Å². The lowest BCUT2D eigenvalue weighted by molar-refractivity contribution is -0.179. The largest absolute Gasteiger partial charge is 0.411 e. The van der Waals surface area contributed by atoms with Crippen LogP contribution in [0.4, 0.5) is 13.2 Å². The molecule has 1 aromatic heterocycles. The van der Waals surface area contributed by atoms with Gasteiger partial charge in [-0.3, -0.25) is 0 Å². The second kappa shape index (κ2) is 5.48. The van der Waals surface area contributed by atoms with Gasteiger partial charge in [0, 0.05) is 14.2 Å². The summed E-state index contributed by atoms with van der Waals surface area (Å²) in [6.07, 6.45) is -5.37. The van der Waals surface area contributed by atoms with Crippen molar-refractivity contribution in [1.29, 1.82) is 0 Å². The van der Waals surface area contributed by atoms with Gasteiger partial charge in [-0.05, 0) is 28.9 Å². The molecule has 0 bridgehead atoms. The van der Waals surface area contributed by atoms with E-state index < -0.39 is 18.9 Å². The molecular weight excluding hydrogens is 309 g/mol. The van der Waals surface area contributed by atoms with Gasteiger partial charge < -0.3 is 9.84 Å². The zero-order valence-electron chi connectivity index (χ0n) is 8.34. The number of aliphatic hydroxyl groups is 1. The lowest BCUT2D eigenvalue weighted by Gasteiger charge is -2.11. The standard InChI is InChI=1S/C9H10BrF3O2S/c1-5-6(10)2-8(16-5)7(14)3-15-4-9(11,12)13/h2,7,14H,3-4H2,1H3. The molecule has 0 aromatic carbocycles. The Morgan fingerprint density at radius 2 is 2.19 bits per heavy atom. The highest BCUT2D eigenvalue weighted by Gasteiger charge is 2.28. The summed E-state index contributed by atoms with van der Waals surface area (Å²) in [6, 6.07) is 1.68. The maximum atomic E-state index is 11.8. The summed E-state index contributed by atoms with van der Waals surface area (Å²) in [5.74, 6) is 0. The Hall–Kier alpha value is -0.110. The Morgan fingerprint density at radius 3 is 2.62 bits per heavy atom. The van der Waals surface area contributed by atoms with Crippen LogP contribution < -0.4 is 0 Å². The van der Waals surface area contributed by atoms with Crippen LogP contribution >= 0.6 is 27.3 Å². The number of hydrogen-bond donors (Lipinski definition) is 1. The Labute approximate surface area is 103 Å². The molecule has 7 heteroatoms. The first kappa shape index (κ1) is 14.0. The van der Waals surface area contributed by atoms with E-state index in [1.54, 1.807) is 6.07 Å². The number of halogens is 4. The van der Waals surface area contributed by atoms with Crippen molar-refractivity contribution in [3.63, 3.8) is 0 Å². The second-order valence-corrected chi connectivity index (χ2v) is 5.34. The fraction of sp³-hybridized carbons (Fsp3) is 0.556. The first-order valence-electron chi connectivity index (χ1n) is 4.38. The summed E-state index contributed by atoms with van der Waals surface area (Å²) in [4.78, 5) is 1.55. The summed E-state index contributed by atoms with van der Waals surface area (Å²) >= 11 is 4.59. The quantitative estimate of drug-likeness (QED) is 0.921. The summed E-state index contributed by atoms with van der Waals surface area (Å²) in [6.45, 7) is 0.156. The first-order valence-corrected chi connectivity index (χ1v) is 5.99. The Morgan fingerprint density at radius 1 is 1.56 bits per heavy atom. The molecule has 0 aliphatic rings. The van der Waals surface area contributed by atoms with E-state index in [0.717, 1.165) is 9.35 Å². The summed E-state index contributed by atoms with van der Waals surface area (Å²) < 4.78 is 40.5. The zero-order chi connectivity index (χ0) is 12.3. The van der Waals surface area contributed by atoms with Crippen LogP contribution in [0.15, 0.2) is 10.5 Å². The molecule has 0 aliphatic heterocycles. The minimum atomic E-state index is -4.36. The highest BCUT2D eigenvalue weighted by molar-refractivity contribution is 9.10. The maximum absolute atomic E-state index is 11.8. The molecule has 0 spiro atoms. The van der Waals surface area contributed by atoms with Crippen LogP contribution in [0.5, 0.6) is 0 Å². The predicted octanol–water partition coefficient (Wildman–Crippen LogP) is 3.43. The lowest BCUT2D eigenvalue weighted by atomic mass is 10.3. The van der Waals surface area contributed by atoms with E-state index in [-0.39, 0.29) is 6.61 Å². The summed E-state index contributed by atoms with van der Waals surface area (Å²) in [5, 5.41) is 9.55. The van der Waals surface area contributed by atoms with Crippen LogP contribution in [0.1, 0.15) is 15.9 Å². The zero-order valence-corrected chi connectivity index (χ0v) is 10.7. The molecule has 0 aliphatic carbocycles. The average Bonchev–Trinajstić information content (AvgIpc) is 2.45. The van der Waals surface area contributed by atoms with Crippen LogP contribution in [0.2, 0.25) is 0 Å². The third-order valence-corrected chi connectivity index (χ3v) is 3.98. The van der Waals surface area contributed by atoms with Crippen LogP contribution in [-0.4, -0.2) is 24.5 Å². The fourth-order valence-corrected chi connectivity index (χ4v) is 2.55. The number of ether oxygens (including phenoxy) is 1. The van der Waals surface area contributed by atoms with E-state index in [4.69, 9.17) is 0 Å². The molecule has 0 fully saturated rings. The van der Waals surface area contributed by atoms with E-state index in [0.29, 0.717) is 4.88 Å². The Balaban J connectivity index is 2.44. The molecule has 1 unspecified atom stereocenters. The van der Waals surface area contributed by atoms with Gasteiger partial charge in [0.15, 0.2) is 0 Å². The number of alkyl halides is 3. The molecule has 0 radical (unpaired) electrons. The molecule has 1 N–H and O–H groups in total. The van der Waals surface area contributed by atoms with Crippen LogP contribution in [0, 0.1) is 6.92 Å². The molecule has 2 nitrogen and oxygen atoms in total. The highest BCUT2D eigenvalue weighted by Crippen LogP contribution is 2.30. The van der Waals surface area contributed by atoms with Crippen molar-refractivity contribution in [2.24, 2.45) is 0 Å². The minimum Gasteiger partial charge on any atom is -0.385 e. The molecule has 1 rings (SSSR count). The predicted molar refractivity (Wildman–Crippen MR) is 58.6 cm³/mol. The second-order valence-electron chi connectivity index (χ2n) is 3.20. The van der Waals surface area contributed by atoms with E-state index in [1.807, 2.05) is 6.92 Å². The van der Waals surface area contributed by atoms with E-state index in [2.05, 4.69) is 20.7 Å².